The molecule has 0 aliphatic rings. The van der Waals surface area contributed by atoms with Gasteiger partial charge in [0.15, 0.2) is 0 Å². The summed E-state index contributed by atoms with van der Waals surface area (Å²) < 4.78 is 2.05. The zero-order chi connectivity index (χ0) is 14.9. The number of hydrogen-bond acceptors (Lipinski definition) is 4. The van der Waals surface area contributed by atoms with Gasteiger partial charge in [-0.15, -0.1) is 16.4 Å². The Morgan fingerprint density at radius 1 is 1.33 bits per heavy atom. The second-order valence-corrected chi connectivity index (χ2v) is 6.39. The Kier molecular flexibility index (Phi) is 6.89. The lowest BCUT2D eigenvalue weighted by molar-refractivity contribution is 0.437. The van der Waals surface area contributed by atoms with Crippen molar-refractivity contribution in [3.63, 3.8) is 0 Å². The third-order valence-electron chi connectivity index (χ3n) is 3.58. The molecule has 1 atom stereocenters. The van der Waals surface area contributed by atoms with Crippen LogP contribution in [0.15, 0.2) is 23.7 Å². The standard InChI is InChI=1S/C16H26N4S/c1-3-10-17-15(9-5-7-14-8-6-12-21-14)16-13-18-19-20(16)11-4-2/h6,8,12-13,15,17H,3-5,7,9-11H2,1-2H3. The van der Waals surface area contributed by atoms with Crippen LogP contribution in [0, 0.1) is 0 Å². The third-order valence-corrected chi connectivity index (χ3v) is 4.51. The number of hydrogen-bond donors (Lipinski definition) is 1. The number of rotatable bonds is 10. The van der Waals surface area contributed by atoms with Crippen LogP contribution >= 0.6 is 11.3 Å². The minimum atomic E-state index is 0.367. The monoisotopic (exact) mass is 306 g/mol. The largest absolute Gasteiger partial charge is 0.309 e. The van der Waals surface area contributed by atoms with E-state index in [2.05, 4.69) is 51.7 Å². The highest BCUT2D eigenvalue weighted by Crippen LogP contribution is 2.20. The van der Waals surface area contributed by atoms with E-state index >= 15 is 0 Å². The molecule has 0 bridgehead atoms. The van der Waals surface area contributed by atoms with Crippen LogP contribution in [-0.2, 0) is 13.0 Å². The average molecular weight is 306 g/mol. The number of thiophene rings is 1. The molecule has 0 saturated carbocycles. The molecule has 0 fully saturated rings. The SMILES string of the molecule is CCCNC(CCCc1cccs1)c1cnnn1CCC. The van der Waals surface area contributed by atoms with Crippen LogP contribution in [0.1, 0.15) is 56.1 Å². The second kappa shape index (κ2) is 8.95. The summed E-state index contributed by atoms with van der Waals surface area (Å²) in [5, 5.41) is 14.1. The maximum Gasteiger partial charge on any atom is 0.0756 e. The Hall–Kier alpha value is -1.20. The van der Waals surface area contributed by atoms with E-state index in [-0.39, 0.29) is 0 Å². The van der Waals surface area contributed by atoms with Gasteiger partial charge in [-0.2, -0.15) is 0 Å². The lowest BCUT2D eigenvalue weighted by atomic mass is 10.1. The van der Waals surface area contributed by atoms with Crippen molar-refractivity contribution in [1.29, 1.82) is 0 Å². The fraction of sp³-hybridized carbons (Fsp3) is 0.625. The zero-order valence-electron chi connectivity index (χ0n) is 13.1. The van der Waals surface area contributed by atoms with Gasteiger partial charge in [-0.1, -0.05) is 25.1 Å². The van der Waals surface area contributed by atoms with Gasteiger partial charge in [-0.25, -0.2) is 4.68 Å². The van der Waals surface area contributed by atoms with E-state index < -0.39 is 0 Å². The average Bonchev–Trinajstić information content (AvgIpc) is 3.15. The molecule has 0 aliphatic heterocycles. The van der Waals surface area contributed by atoms with Crippen molar-refractivity contribution in [2.24, 2.45) is 0 Å². The first kappa shape index (κ1) is 16.2. The van der Waals surface area contributed by atoms with Gasteiger partial charge in [0.1, 0.15) is 0 Å². The van der Waals surface area contributed by atoms with Crippen LogP contribution in [0.5, 0.6) is 0 Å². The molecule has 21 heavy (non-hydrogen) atoms. The van der Waals surface area contributed by atoms with E-state index in [9.17, 15) is 0 Å². The highest BCUT2D eigenvalue weighted by Gasteiger charge is 2.16. The zero-order valence-corrected chi connectivity index (χ0v) is 13.9. The van der Waals surface area contributed by atoms with Crippen LogP contribution in [0.3, 0.4) is 0 Å². The molecule has 0 spiro atoms. The van der Waals surface area contributed by atoms with Crippen LogP contribution in [0.2, 0.25) is 0 Å². The van der Waals surface area contributed by atoms with E-state index in [4.69, 9.17) is 0 Å². The first-order valence-corrected chi connectivity index (χ1v) is 8.87. The summed E-state index contributed by atoms with van der Waals surface area (Å²) in [7, 11) is 0. The van der Waals surface area contributed by atoms with Gasteiger partial charge in [0.05, 0.1) is 17.9 Å². The van der Waals surface area contributed by atoms with Crippen LogP contribution in [-0.4, -0.2) is 21.5 Å². The summed E-state index contributed by atoms with van der Waals surface area (Å²) in [6.07, 6.45) is 7.66. The Morgan fingerprint density at radius 2 is 2.24 bits per heavy atom. The van der Waals surface area contributed by atoms with Crippen molar-refractivity contribution < 1.29 is 0 Å². The summed E-state index contributed by atoms with van der Waals surface area (Å²) in [5.74, 6) is 0. The van der Waals surface area contributed by atoms with Gasteiger partial charge < -0.3 is 5.32 Å². The van der Waals surface area contributed by atoms with Crippen LogP contribution in [0.25, 0.3) is 0 Å². The summed E-state index contributed by atoms with van der Waals surface area (Å²) in [6.45, 7) is 6.37. The van der Waals surface area contributed by atoms with Crippen molar-refractivity contribution in [2.75, 3.05) is 6.54 Å². The predicted molar refractivity (Wildman–Crippen MR) is 88.6 cm³/mol. The Morgan fingerprint density at radius 3 is 2.95 bits per heavy atom. The van der Waals surface area contributed by atoms with E-state index in [1.165, 1.54) is 17.0 Å². The Labute approximate surface area is 131 Å². The number of nitrogens with one attached hydrogen (secondary N) is 1. The van der Waals surface area contributed by atoms with E-state index in [0.29, 0.717) is 6.04 Å². The van der Waals surface area contributed by atoms with Gasteiger partial charge in [0.25, 0.3) is 0 Å². The fourth-order valence-electron chi connectivity index (χ4n) is 2.53. The second-order valence-electron chi connectivity index (χ2n) is 5.36. The molecule has 0 saturated heterocycles. The maximum atomic E-state index is 4.22. The normalized spacial score (nSPS) is 12.7. The summed E-state index contributed by atoms with van der Waals surface area (Å²) in [4.78, 5) is 1.48. The number of aromatic nitrogens is 3. The lowest BCUT2D eigenvalue weighted by Gasteiger charge is -2.19. The molecule has 1 N–H and O–H groups in total. The van der Waals surface area contributed by atoms with Crippen molar-refractivity contribution in [1.82, 2.24) is 20.3 Å². The van der Waals surface area contributed by atoms with Gasteiger partial charge in [-0.3, -0.25) is 0 Å². The van der Waals surface area contributed by atoms with E-state index in [1.54, 1.807) is 0 Å². The third kappa shape index (κ3) is 4.93. The summed E-state index contributed by atoms with van der Waals surface area (Å²) in [5.41, 5.74) is 1.23. The van der Waals surface area contributed by atoms with Gasteiger partial charge in [0.2, 0.25) is 0 Å². The number of nitrogens with zero attached hydrogens (tertiary/aromatic N) is 3. The molecule has 0 aliphatic carbocycles. The van der Waals surface area contributed by atoms with Gasteiger partial charge in [0, 0.05) is 11.4 Å². The molecule has 116 valence electrons. The molecule has 1 unspecified atom stereocenters. The van der Waals surface area contributed by atoms with Gasteiger partial charge in [-0.05, 0) is 50.1 Å². The Balaban J connectivity index is 1.94. The minimum absolute atomic E-state index is 0.367. The van der Waals surface area contributed by atoms with Crippen LogP contribution in [0.4, 0.5) is 0 Å². The lowest BCUT2D eigenvalue weighted by Crippen LogP contribution is -2.25. The quantitative estimate of drug-likeness (QED) is 0.726. The number of aryl methyl sites for hydroxylation is 2. The molecule has 2 rings (SSSR count). The smallest absolute Gasteiger partial charge is 0.0756 e. The van der Waals surface area contributed by atoms with Crippen molar-refractivity contribution in [3.8, 4) is 0 Å². The predicted octanol–water partition coefficient (Wildman–Crippen LogP) is 3.81. The van der Waals surface area contributed by atoms with Crippen molar-refractivity contribution in [2.45, 2.75) is 58.5 Å². The molecule has 0 radical (unpaired) electrons. The highest BCUT2D eigenvalue weighted by molar-refractivity contribution is 7.09. The van der Waals surface area contributed by atoms with E-state index in [1.807, 2.05) is 17.5 Å². The molecule has 0 amide bonds. The summed E-state index contributed by atoms with van der Waals surface area (Å²) in [6, 6.07) is 4.72. The molecular formula is C16H26N4S. The molecular weight excluding hydrogens is 280 g/mol. The van der Waals surface area contributed by atoms with Crippen molar-refractivity contribution >= 4 is 11.3 Å². The molecule has 0 aromatic carbocycles. The molecule has 4 nitrogen and oxygen atoms in total. The first-order valence-electron chi connectivity index (χ1n) is 7.99. The van der Waals surface area contributed by atoms with Crippen molar-refractivity contribution in [3.05, 3.63) is 34.3 Å². The fourth-order valence-corrected chi connectivity index (χ4v) is 3.28. The molecule has 2 heterocycles. The molecule has 2 aromatic rings. The van der Waals surface area contributed by atoms with Crippen LogP contribution < -0.4 is 5.32 Å². The highest BCUT2D eigenvalue weighted by atomic mass is 32.1. The Bertz CT molecular complexity index is 492. The van der Waals surface area contributed by atoms with E-state index in [0.717, 1.165) is 38.8 Å². The molecule has 5 heteroatoms. The first-order chi connectivity index (χ1) is 10.3. The molecule has 2 aromatic heterocycles. The minimum Gasteiger partial charge on any atom is -0.309 e. The topological polar surface area (TPSA) is 42.7 Å². The summed E-state index contributed by atoms with van der Waals surface area (Å²) >= 11 is 1.85. The maximum absolute atomic E-state index is 4.22. The van der Waals surface area contributed by atoms with Gasteiger partial charge >= 0.3 is 0 Å².